The van der Waals surface area contributed by atoms with E-state index in [2.05, 4.69) is 41.5 Å². The molecule has 2 nitrogen and oxygen atoms in total. The van der Waals surface area contributed by atoms with Gasteiger partial charge in [-0.15, -0.1) is 0 Å². The molecule has 0 fully saturated rings. The lowest BCUT2D eigenvalue weighted by Gasteiger charge is -2.43. The first-order chi connectivity index (χ1) is 9.36. The second-order valence-electron chi connectivity index (χ2n) is 7.21. The van der Waals surface area contributed by atoms with Gasteiger partial charge >= 0.3 is 0 Å². The Bertz CT molecular complexity index is 312. The molecular formula is C17H35NOSi. The van der Waals surface area contributed by atoms with Gasteiger partial charge in [-0.25, -0.2) is 0 Å². The maximum atomic E-state index is 6.89. The minimum Gasteiger partial charge on any atom is -0.546 e. The van der Waals surface area contributed by atoms with E-state index in [-0.39, 0.29) is 0 Å². The van der Waals surface area contributed by atoms with Crippen molar-refractivity contribution in [2.45, 2.75) is 90.3 Å². The fraction of sp³-hybridized carbons (Fsp3) is 0.882. The molecule has 0 saturated heterocycles. The highest BCUT2D eigenvalue weighted by molar-refractivity contribution is 6.77. The molecule has 0 saturated carbocycles. The first-order valence-electron chi connectivity index (χ1n) is 8.46. The van der Waals surface area contributed by atoms with Crippen molar-refractivity contribution in [2.75, 3.05) is 6.54 Å². The fourth-order valence-corrected chi connectivity index (χ4v) is 9.40. The van der Waals surface area contributed by atoms with Crippen LogP contribution >= 0.6 is 0 Å². The van der Waals surface area contributed by atoms with E-state index in [1.165, 1.54) is 30.6 Å². The number of nitrogens with two attached hydrogens (primary N) is 1. The van der Waals surface area contributed by atoms with Gasteiger partial charge in [0.05, 0.1) is 5.76 Å². The molecule has 0 amide bonds. The van der Waals surface area contributed by atoms with E-state index in [0.29, 0.717) is 23.2 Å². The van der Waals surface area contributed by atoms with Gasteiger partial charge in [0, 0.05) is 13.0 Å². The Labute approximate surface area is 127 Å². The van der Waals surface area contributed by atoms with E-state index in [0.717, 1.165) is 12.8 Å². The summed E-state index contributed by atoms with van der Waals surface area (Å²) in [6, 6.07) is 0. The molecule has 0 aliphatic heterocycles. The molecule has 0 aromatic carbocycles. The molecule has 20 heavy (non-hydrogen) atoms. The van der Waals surface area contributed by atoms with Gasteiger partial charge in [-0.1, -0.05) is 48.0 Å². The van der Waals surface area contributed by atoms with Crippen LogP contribution in [0, 0.1) is 0 Å². The molecule has 0 spiro atoms. The molecule has 2 N–H and O–H groups in total. The van der Waals surface area contributed by atoms with Gasteiger partial charge in [0.2, 0.25) is 0 Å². The smallest absolute Gasteiger partial charge is 0.258 e. The van der Waals surface area contributed by atoms with Crippen molar-refractivity contribution in [3.05, 3.63) is 11.3 Å². The Kier molecular flexibility index (Phi) is 6.79. The van der Waals surface area contributed by atoms with E-state index < -0.39 is 8.32 Å². The van der Waals surface area contributed by atoms with Crippen molar-refractivity contribution in [2.24, 2.45) is 5.73 Å². The van der Waals surface area contributed by atoms with Crippen LogP contribution in [-0.2, 0) is 4.43 Å². The molecule has 3 heteroatoms. The standard InChI is InChI=1S/C17H35NOSi/c1-13(2)20(14(3)4,15(5)6)19-17-11-9-7-8-10-16(17)12-18/h13-15H,7-12,18H2,1-6H3. The lowest BCUT2D eigenvalue weighted by Crippen LogP contribution is -2.47. The summed E-state index contributed by atoms with van der Waals surface area (Å²) in [7, 11) is -1.81. The quantitative estimate of drug-likeness (QED) is 0.670. The molecular weight excluding hydrogens is 262 g/mol. The summed E-state index contributed by atoms with van der Waals surface area (Å²) in [6.07, 6.45) is 6.10. The fourth-order valence-electron chi connectivity index (χ4n) is 4.02. The minimum atomic E-state index is -1.81. The normalized spacial score (nSPS) is 18.1. The van der Waals surface area contributed by atoms with E-state index in [9.17, 15) is 0 Å². The summed E-state index contributed by atoms with van der Waals surface area (Å²) in [5.74, 6) is 1.27. The molecule has 1 aliphatic carbocycles. The maximum absolute atomic E-state index is 6.89. The lowest BCUT2D eigenvalue weighted by atomic mass is 10.1. The highest BCUT2D eigenvalue weighted by Crippen LogP contribution is 2.45. The van der Waals surface area contributed by atoms with Crippen molar-refractivity contribution < 1.29 is 4.43 Å². The van der Waals surface area contributed by atoms with Crippen LogP contribution in [-0.4, -0.2) is 14.9 Å². The van der Waals surface area contributed by atoms with E-state index in [1.807, 2.05) is 0 Å². The van der Waals surface area contributed by atoms with Gasteiger partial charge in [0.25, 0.3) is 8.32 Å². The van der Waals surface area contributed by atoms with Gasteiger partial charge in [-0.3, -0.25) is 0 Å². The predicted octanol–water partition coefficient (Wildman–Crippen LogP) is 5.36. The summed E-state index contributed by atoms with van der Waals surface area (Å²) in [5, 5.41) is 0. The Hall–Kier alpha value is -0.283. The zero-order valence-electron chi connectivity index (χ0n) is 14.5. The van der Waals surface area contributed by atoms with Crippen molar-refractivity contribution in [3.63, 3.8) is 0 Å². The maximum Gasteiger partial charge on any atom is 0.258 e. The molecule has 1 aliphatic rings. The van der Waals surface area contributed by atoms with Gasteiger partial charge in [0.1, 0.15) is 0 Å². The third kappa shape index (κ3) is 3.67. The molecule has 0 aromatic heterocycles. The summed E-state index contributed by atoms with van der Waals surface area (Å²) in [5.41, 5.74) is 9.29. The highest BCUT2D eigenvalue weighted by Gasteiger charge is 2.47. The molecule has 0 radical (unpaired) electrons. The van der Waals surface area contributed by atoms with Crippen LogP contribution in [0.25, 0.3) is 0 Å². The van der Waals surface area contributed by atoms with Crippen LogP contribution < -0.4 is 5.73 Å². The molecule has 0 unspecified atom stereocenters. The molecule has 0 aromatic rings. The van der Waals surface area contributed by atoms with E-state index >= 15 is 0 Å². The van der Waals surface area contributed by atoms with Gasteiger partial charge in [0.15, 0.2) is 0 Å². The van der Waals surface area contributed by atoms with Crippen molar-refractivity contribution >= 4 is 8.32 Å². The first-order valence-corrected chi connectivity index (χ1v) is 10.6. The molecule has 0 heterocycles. The number of rotatable bonds is 6. The summed E-state index contributed by atoms with van der Waals surface area (Å²) < 4.78 is 6.89. The van der Waals surface area contributed by atoms with Crippen LogP contribution in [0.3, 0.4) is 0 Å². The number of hydrogen-bond acceptors (Lipinski definition) is 2. The monoisotopic (exact) mass is 297 g/mol. The summed E-state index contributed by atoms with van der Waals surface area (Å²) in [4.78, 5) is 0. The third-order valence-electron chi connectivity index (χ3n) is 5.03. The highest BCUT2D eigenvalue weighted by atomic mass is 28.4. The second kappa shape index (κ2) is 7.65. The lowest BCUT2D eigenvalue weighted by molar-refractivity contribution is 0.347. The average Bonchev–Trinajstić information content (AvgIpc) is 2.58. The summed E-state index contributed by atoms with van der Waals surface area (Å²) in [6.45, 7) is 14.8. The number of hydrogen-bond donors (Lipinski definition) is 1. The van der Waals surface area contributed by atoms with Crippen LogP contribution in [0.1, 0.15) is 73.6 Å². The summed E-state index contributed by atoms with van der Waals surface area (Å²) >= 11 is 0. The van der Waals surface area contributed by atoms with E-state index in [1.54, 1.807) is 0 Å². The van der Waals surface area contributed by atoms with Gasteiger partial charge in [-0.05, 0) is 41.5 Å². The second-order valence-corrected chi connectivity index (χ2v) is 12.6. The van der Waals surface area contributed by atoms with E-state index in [4.69, 9.17) is 10.2 Å². The average molecular weight is 298 g/mol. The topological polar surface area (TPSA) is 35.2 Å². The van der Waals surface area contributed by atoms with Crippen molar-refractivity contribution in [1.82, 2.24) is 0 Å². The van der Waals surface area contributed by atoms with Crippen LogP contribution in [0.2, 0.25) is 16.6 Å². The molecule has 1 rings (SSSR count). The zero-order chi connectivity index (χ0) is 15.3. The van der Waals surface area contributed by atoms with Crippen LogP contribution in [0.15, 0.2) is 11.3 Å². The van der Waals surface area contributed by atoms with Gasteiger partial charge < -0.3 is 10.2 Å². The zero-order valence-corrected chi connectivity index (χ0v) is 15.5. The van der Waals surface area contributed by atoms with Crippen LogP contribution in [0.5, 0.6) is 0 Å². The SMILES string of the molecule is CC(C)[Si](OC1=C(CN)CCCCC1)(C(C)C)C(C)C. The van der Waals surface area contributed by atoms with Crippen molar-refractivity contribution in [3.8, 4) is 0 Å². The molecule has 118 valence electrons. The Morgan fingerprint density at radius 2 is 1.40 bits per heavy atom. The first kappa shape index (κ1) is 17.8. The molecule has 0 atom stereocenters. The van der Waals surface area contributed by atoms with Gasteiger partial charge in [-0.2, -0.15) is 0 Å². The minimum absolute atomic E-state index is 0.636. The largest absolute Gasteiger partial charge is 0.546 e. The third-order valence-corrected chi connectivity index (χ3v) is 11.0. The van der Waals surface area contributed by atoms with Crippen molar-refractivity contribution in [1.29, 1.82) is 0 Å². The van der Waals surface area contributed by atoms with Crippen LogP contribution in [0.4, 0.5) is 0 Å². The predicted molar refractivity (Wildman–Crippen MR) is 91.3 cm³/mol. The number of allylic oxidation sites excluding steroid dienone is 1. The Morgan fingerprint density at radius 3 is 1.85 bits per heavy atom. The Balaban J connectivity index is 3.12. The Morgan fingerprint density at radius 1 is 0.900 bits per heavy atom. The molecule has 0 bridgehead atoms.